The van der Waals surface area contributed by atoms with Gasteiger partial charge in [0.1, 0.15) is 5.82 Å². The Bertz CT molecular complexity index is 740. The number of halogens is 1. The Kier molecular flexibility index (Phi) is 7.73. The third-order valence-electron chi connectivity index (χ3n) is 3.51. The molecule has 2 rings (SSSR count). The Hall–Kier alpha value is -2.96. The van der Waals surface area contributed by atoms with Crippen LogP contribution in [0, 0.1) is 5.82 Å². The quantitative estimate of drug-likeness (QED) is 0.683. The maximum absolute atomic E-state index is 13.2. The van der Waals surface area contributed by atoms with Crippen LogP contribution >= 0.6 is 0 Å². The number of nitrogens with one attached hydrogen (secondary N) is 2. The molecule has 2 aromatic rings. The van der Waals surface area contributed by atoms with Crippen molar-refractivity contribution in [1.29, 1.82) is 0 Å². The van der Waals surface area contributed by atoms with Gasteiger partial charge in [-0.15, -0.1) is 0 Å². The van der Waals surface area contributed by atoms with Crippen molar-refractivity contribution in [3.63, 3.8) is 0 Å². The Morgan fingerprint density at radius 2 is 1.59 bits per heavy atom. The number of urea groups is 1. The molecular formula is C20H25FN2O4. The van der Waals surface area contributed by atoms with E-state index >= 15 is 0 Å². The molecule has 0 heterocycles. The number of carbonyl (C=O) groups is 1. The molecule has 0 aliphatic rings. The largest absolute Gasteiger partial charge is 0.490 e. The average molecular weight is 376 g/mol. The molecule has 146 valence electrons. The van der Waals surface area contributed by atoms with Crippen molar-refractivity contribution in [3.05, 3.63) is 47.8 Å². The Morgan fingerprint density at radius 1 is 0.963 bits per heavy atom. The third kappa shape index (κ3) is 6.06. The van der Waals surface area contributed by atoms with Gasteiger partial charge in [-0.3, -0.25) is 0 Å². The Labute approximate surface area is 158 Å². The highest BCUT2D eigenvalue weighted by molar-refractivity contribution is 5.90. The standard InChI is InChI=1S/C20H25FN2O4/c1-4-25-17-11-16(12-18(26-5-2)19(17)27-6-3)23-20(24)22-13-14-8-7-9-15(21)10-14/h7-12H,4-6,13H2,1-3H3,(H2,22,23,24). The van der Waals surface area contributed by atoms with Gasteiger partial charge in [-0.25, -0.2) is 9.18 Å². The van der Waals surface area contributed by atoms with E-state index in [-0.39, 0.29) is 12.4 Å². The van der Waals surface area contributed by atoms with Crippen LogP contribution in [0.3, 0.4) is 0 Å². The number of hydrogen-bond acceptors (Lipinski definition) is 4. The molecule has 2 N–H and O–H groups in total. The lowest BCUT2D eigenvalue weighted by molar-refractivity contribution is 0.251. The van der Waals surface area contributed by atoms with Crippen LogP contribution in [-0.4, -0.2) is 25.9 Å². The summed E-state index contributed by atoms with van der Waals surface area (Å²) >= 11 is 0. The zero-order valence-electron chi connectivity index (χ0n) is 15.8. The summed E-state index contributed by atoms with van der Waals surface area (Å²) in [6.45, 7) is 7.15. The molecule has 0 fully saturated rings. The minimum absolute atomic E-state index is 0.206. The molecule has 27 heavy (non-hydrogen) atoms. The normalized spacial score (nSPS) is 10.2. The van der Waals surface area contributed by atoms with Crippen molar-refractivity contribution in [3.8, 4) is 17.2 Å². The smallest absolute Gasteiger partial charge is 0.319 e. The van der Waals surface area contributed by atoms with Gasteiger partial charge in [0.05, 0.1) is 25.5 Å². The summed E-state index contributed by atoms with van der Waals surface area (Å²) in [5, 5.41) is 5.42. The molecule has 0 bridgehead atoms. The van der Waals surface area contributed by atoms with Gasteiger partial charge in [0, 0.05) is 18.7 Å². The Balaban J connectivity index is 2.12. The van der Waals surface area contributed by atoms with Gasteiger partial charge in [0.25, 0.3) is 0 Å². The van der Waals surface area contributed by atoms with Crippen molar-refractivity contribution in [1.82, 2.24) is 5.32 Å². The van der Waals surface area contributed by atoms with E-state index < -0.39 is 6.03 Å². The molecule has 0 spiro atoms. The second kappa shape index (κ2) is 10.3. The SMILES string of the molecule is CCOc1cc(NC(=O)NCc2cccc(F)c2)cc(OCC)c1OCC. The first-order valence-electron chi connectivity index (χ1n) is 8.93. The number of benzene rings is 2. The fraction of sp³-hybridized carbons (Fsp3) is 0.350. The van der Waals surface area contributed by atoms with E-state index in [0.29, 0.717) is 48.3 Å². The van der Waals surface area contributed by atoms with E-state index in [1.807, 2.05) is 20.8 Å². The van der Waals surface area contributed by atoms with Crippen LogP contribution in [0.5, 0.6) is 17.2 Å². The molecule has 7 heteroatoms. The van der Waals surface area contributed by atoms with Gasteiger partial charge in [-0.1, -0.05) is 12.1 Å². The zero-order chi connectivity index (χ0) is 19.6. The molecule has 0 saturated carbocycles. The first-order valence-corrected chi connectivity index (χ1v) is 8.93. The van der Waals surface area contributed by atoms with Crippen molar-refractivity contribution < 1.29 is 23.4 Å². The van der Waals surface area contributed by atoms with Crippen LogP contribution in [0.15, 0.2) is 36.4 Å². The van der Waals surface area contributed by atoms with E-state index in [2.05, 4.69) is 10.6 Å². The molecule has 0 saturated heterocycles. The summed E-state index contributed by atoms with van der Waals surface area (Å²) in [6, 6.07) is 9.00. The van der Waals surface area contributed by atoms with Gasteiger partial charge in [0.15, 0.2) is 11.5 Å². The summed E-state index contributed by atoms with van der Waals surface area (Å²) in [5.74, 6) is 1.15. The Morgan fingerprint density at radius 3 is 2.15 bits per heavy atom. The van der Waals surface area contributed by atoms with Crippen LogP contribution in [0.2, 0.25) is 0 Å². The highest BCUT2D eigenvalue weighted by Gasteiger charge is 2.16. The molecule has 2 aromatic carbocycles. The lowest BCUT2D eigenvalue weighted by atomic mass is 10.2. The maximum atomic E-state index is 13.2. The molecule has 2 amide bonds. The first-order chi connectivity index (χ1) is 13.1. The summed E-state index contributed by atoms with van der Waals surface area (Å²) in [7, 11) is 0. The van der Waals surface area contributed by atoms with E-state index in [4.69, 9.17) is 14.2 Å². The summed E-state index contributed by atoms with van der Waals surface area (Å²) in [6.07, 6.45) is 0. The number of amides is 2. The third-order valence-corrected chi connectivity index (χ3v) is 3.51. The molecule has 0 atom stereocenters. The molecule has 0 radical (unpaired) electrons. The molecule has 0 unspecified atom stereocenters. The fourth-order valence-corrected chi connectivity index (χ4v) is 2.47. The fourth-order valence-electron chi connectivity index (χ4n) is 2.47. The highest BCUT2D eigenvalue weighted by atomic mass is 19.1. The van der Waals surface area contributed by atoms with E-state index in [0.717, 1.165) is 0 Å². The topological polar surface area (TPSA) is 68.8 Å². The van der Waals surface area contributed by atoms with E-state index in [1.54, 1.807) is 24.3 Å². The number of rotatable bonds is 9. The number of anilines is 1. The van der Waals surface area contributed by atoms with Crippen molar-refractivity contribution >= 4 is 11.7 Å². The summed E-state index contributed by atoms with van der Waals surface area (Å²) < 4.78 is 30.1. The summed E-state index contributed by atoms with van der Waals surface area (Å²) in [5.41, 5.74) is 1.17. The van der Waals surface area contributed by atoms with Crippen LogP contribution < -0.4 is 24.8 Å². The zero-order valence-corrected chi connectivity index (χ0v) is 15.8. The first kappa shape index (κ1) is 20.4. The molecule has 6 nitrogen and oxygen atoms in total. The average Bonchev–Trinajstić information content (AvgIpc) is 2.63. The monoisotopic (exact) mass is 376 g/mol. The number of hydrogen-bond donors (Lipinski definition) is 2. The lowest BCUT2D eigenvalue weighted by Gasteiger charge is -2.17. The van der Waals surface area contributed by atoms with Gasteiger partial charge in [-0.2, -0.15) is 0 Å². The van der Waals surface area contributed by atoms with Gasteiger partial charge >= 0.3 is 6.03 Å². The molecule has 0 aliphatic heterocycles. The second-order valence-corrected chi connectivity index (χ2v) is 5.54. The highest BCUT2D eigenvalue weighted by Crippen LogP contribution is 2.40. The molecular weight excluding hydrogens is 351 g/mol. The molecule has 0 aromatic heterocycles. The van der Waals surface area contributed by atoms with Crippen LogP contribution in [0.1, 0.15) is 26.3 Å². The van der Waals surface area contributed by atoms with Crippen LogP contribution in [0.25, 0.3) is 0 Å². The lowest BCUT2D eigenvalue weighted by Crippen LogP contribution is -2.28. The molecule has 0 aliphatic carbocycles. The van der Waals surface area contributed by atoms with Crippen LogP contribution in [0.4, 0.5) is 14.9 Å². The van der Waals surface area contributed by atoms with Gasteiger partial charge < -0.3 is 24.8 Å². The summed E-state index contributed by atoms with van der Waals surface area (Å²) in [4.78, 5) is 12.2. The minimum atomic E-state index is -0.423. The van der Waals surface area contributed by atoms with Crippen molar-refractivity contribution in [2.24, 2.45) is 0 Å². The predicted octanol–water partition coefficient (Wildman–Crippen LogP) is 4.34. The number of carbonyl (C=O) groups excluding carboxylic acids is 1. The van der Waals surface area contributed by atoms with Crippen LogP contribution in [-0.2, 0) is 6.54 Å². The minimum Gasteiger partial charge on any atom is -0.490 e. The van der Waals surface area contributed by atoms with Crippen molar-refractivity contribution in [2.45, 2.75) is 27.3 Å². The predicted molar refractivity (Wildman–Crippen MR) is 102 cm³/mol. The van der Waals surface area contributed by atoms with E-state index in [9.17, 15) is 9.18 Å². The van der Waals surface area contributed by atoms with Crippen molar-refractivity contribution in [2.75, 3.05) is 25.1 Å². The van der Waals surface area contributed by atoms with Gasteiger partial charge in [0.2, 0.25) is 5.75 Å². The van der Waals surface area contributed by atoms with E-state index in [1.165, 1.54) is 12.1 Å². The maximum Gasteiger partial charge on any atom is 0.319 e. The second-order valence-electron chi connectivity index (χ2n) is 5.54. The number of ether oxygens (including phenoxy) is 3. The van der Waals surface area contributed by atoms with Gasteiger partial charge in [-0.05, 0) is 38.5 Å².